The Hall–Kier alpha value is 0.185. The fourth-order valence-electron chi connectivity index (χ4n) is 0. The van der Waals surface area contributed by atoms with Crippen molar-refractivity contribution >= 4 is 16.5 Å². The van der Waals surface area contributed by atoms with Gasteiger partial charge in [0, 0.05) is 19.5 Å². The monoisotopic (exact) mass is 204 g/mol. The summed E-state index contributed by atoms with van der Waals surface area (Å²) in [6.45, 7) is 0. The van der Waals surface area contributed by atoms with E-state index in [0.717, 1.165) is 0 Å². The van der Waals surface area contributed by atoms with E-state index in [0.29, 0.717) is 0 Å². The van der Waals surface area contributed by atoms with Crippen molar-refractivity contribution in [3.05, 3.63) is 0 Å². The maximum absolute atomic E-state index is 8.74. The van der Waals surface area contributed by atoms with E-state index in [9.17, 15) is 0 Å². The van der Waals surface area contributed by atoms with Crippen molar-refractivity contribution in [2.24, 2.45) is 0 Å². The molecule has 0 unspecified atom stereocenters. The first kappa shape index (κ1) is 16.1. The third-order valence-corrected chi connectivity index (χ3v) is 0. The molecule has 0 aliphatic heterocycles. The van der Waals surface area contributed by atoms with Gasteiger partial charge in [0.2, 0.25) is 0 Å². The van der Waals surface area contributed by atoms with Crippen molar-refractivity contribution in [1.82, 2.24) is 0 Å². The average molecular weight is 205 g/mol. The van der Waals surface area contributed by atoms with Crippen LogP contribution < -0.4 is 0 Å². The molecule has 0 spiro atoms. The van der Waals surface area contributed by atoms with Gasteiger partial charge in [-0.25, -0.2) is 0 Å². The van der Waals surface area contributed by atoms with E-state index in [-0.39, 0.29) is 19.5 Å². The Morgan fingerprint density at radius 3 is 1.11 bits per heavy atom. The standard InChI is InChI=1S/BH3O3.H2O3Si.Zn/c2-1(3)4;1-4(2)3;/h2-4H;1-2H;. The molecule has 0 fully saturated rings. The van der Waals surface area contributed by atoms with Gasteiger partial charge in [-0.05, 0) is 0 Å². The molecule has 6 nitrogen and oxygen atoms in total. The normalized spacial score (nSPS) is 5.67. The van der Waals surface area contributed by atoms with Gasteiger partial charge < -0.3 is 24.7 Å². The van der Waals surface area contributed by atoms with Crippen molar-refractivity contribution in [2.45, 2.75) is 0 Å². The molecule has 0 heterocycles. The summed E-state index contributed by atoms with van der Waals surface area (Å²) in [4.78, 5) is 14.3. The SMILES string of the molecule is O=[Si](O)O.OB(O)O.[Zn]. The molecule has 0 aliphatic rings. The second kappa shape index (κ2) is 11.0. The van der Waals surface area contributed by atoms with Gasteiger partial charge in [-0.1, -0.05) is 0 Å². The zero-order valence-electron chi connectivity index (χ0n) is 4.43. The zero-order valence-corrected chi connectivity index (χ0v) is 8.40. The maximum Gasteiger partial charge on any atom is 0.761 e. The van der Waals surface area contributed by atoms with Crippen LogP contribution in [0.4, 0.5) is 0 Å². The molecular weight excluding hydrogens is 200 g/mol. The smallest absolute Gasteiger partial charge is 0.511 e. The van der Waals surface area contributed by atoms with Gasteiger partial charge in [0.1, 0.15) is 0 Å². The fourth-order valence-corrected chi connectivity index (χ4v) is 0. The minimum atomic E-state index is -3.13. The van der Waals surface area contributed by atoms with Gasteiger partial charge in [-0.15, -0.1) is 0 Å². The van der Waals surface area contributed by atoms with Crippen LogP contribution in [0.1, 0.15) is 0 Å². The van der Waals surface area contributed by atoms with E-state index in [1.807, 2.05) is 0 Å². The molecule has 0 atom stereocenters. The summed E-state index contributed by atoms with van der Waals surface area (Å²) < 4.78 is 8.74. The zero-order chi connectivity index (χ0) is 7.15. The van der Waals surface area contributed by atoms with Crippen molar-refractivity contribution < 1.29 is 48.6 Å². The van der Waals surface area contributed by atoms with Crippen molar-refractivity contribution in [3.8, 4) is 0 Å². The first-order valence-electron chi connectivity index (χ1n) is 1.43. The van der Waals surface area contributed by atoms with Crippen LogP contribution in [-0.2, 0) is 23.9 Å². The third-order valence-electron chi connectivity index (χ3n) is 0. The van der Waals surface area contributed by atoms with Crippen LogP contribution in [0.25, 0.3) is 0 Å². The van der Waals surface area contributed by atoms with Crippen LogP contribution in [0.2, 0.25) is 0 Å². The topological polar surface area (TPSA) is 118 Å². The predicted molar refractivity (Wildman–Crippen MR) is 23.3 cm³/mol. The summed E-state index contributed by atoms with van der Waals surface area (Å²) >= 11 is 0. The molecule has 0 aromatic rings. The molecular formula is H5BO6SiZn. The summed E-state index contributed by atoms with van der Waals surface area (Å²) in [5.41, 5.74) is 0. The Morgan fingerprint density at radius 1 is 1.11 bits per heavy atom. The summed E-state index contributed by atoms with van der Waals surface area (Å²) in [5, 5.41) is 21.5. The molecule has 0 aromatic heterocycles. The number of hydrogen-bond donors (Lipinski definition) is 5. The third kappa shape index (κ3) is 9130. The Balaban J connectivity index is -0.0000000720. The summed E-state index contributed by atoms with van der Waals surface area (Å²) in [6, 6.07) is 0. The molecule has 9 heavy (non-hydrogen) atoms. The van der Waals surface area contributed by atoms with E-state index in [1.165, 1.54) is 0 Å². The van der Waals surface area contributed by atoms with Crippen LogP contribution in [-0.4, -0.2) is 41.2 Å². The minimum absolute atomic E-state index is 0. The Bertz CT molecular complexity index is 57.3. The molecule has 0 bridgehead atoms. The van der Waals surface area contributed by atoms with Gasteiger partial charge in [0.05, 0.1) is 0 Å². The van der Waals surface area contributed by atoms with Crippen LogP contribution in [0, 0.1) is 0 Å². The molecule has 0 radical (unpaired) electrons. The molecule has 0 aliphatic carbocycles. The van der Waals surface area contributed by atoms with Crippen molar-refractivity contribution in [2.75, 3.05) is 0 Å². The van der Waals surface area contributed by atoms with Gasteiger partial charge in [-0.2, -0.15) is 0 Å². The summed E-state index contributed by atoms with van der Waals surface area (Å²) in [7, 11) is -5.30. The van der Waals surface area contributed by atoms with E-state index in [2.05, 4.69) is 0 Å². The van der Waals surface area contributed by atoms with Crippen LogP contribution in [0.5, 0.6) is 0 Å². The second-order valence-corrected chi connectivity index (χ2v) is 1.19. The van der Waals surface area contributed by atoms with E-state index < -0.39 is 16.5 Å². The molecule has 5 N–H and O–H groups in total. The molecule has 9 heteroatoms. The average Bonchev–Trinajstić information content (AvgIpc) is 1.25. The summed E-state index contributed by atoms with van der Waals surface area (Å²) in [6.07, 6.45) is 0. The van der Waals surface area contributed by atoms with E-state index in [1.54, 1.807) is 0 Å². The van der Waals surface area contributed by atoms with Crippen molar-refractivity contribution in [3.63, 3.8) is 0 Å². The van der Waals surface area contributed by atoms with Gasteiger partial charge in [0.15, 0.2) is 0 Å². The molecule has 0 saturated heterocycles. The van der Waals surface area contributed by atoms with Gasteiger partial charge >= 0.3 is 16.5 Å². The van der Waals surface area contributed by atoms with Crippen LogP contribution in [0.15, 0.2) is 0 Å². The fraction of sp³-hybridized carbons (Fsp3) is 0. The first-order valence-corrected chi connectivity index (χ1v) is 2.73. The maximum atomic E-state index is 8.74. The Labute approximate surface area is 65.6 Å². The van der Waals surface area contributed by atoms with Crippen molar-refractivity contribution in [1.29, 1.82) is 0 Å². The number of hydrogen-bond acceptors (Lipinski definition) is 4. The second-order valence-electron chi connectivity index (χ2n) is 0.629. The molecule has 50 valence electrons. The van der Waals surface area contributed by atoms with Gasteiger partial charge in [-0.3, -0.25) is 4.46 Å². The van der Waals surface area contributed by atoms with Crippen LogP contribution >= 0.6 is 0 Å². The Kier molecular flexibility index (Phi) is 19.7. The number of rotatable bonds is 0. The minimum Gasteiger partial charge on any atom is -0.511 e. The quantitative estimate of drug-likeness (QED) is 0.260. The van der Waals surface area contributed by atoms with Crippen LogP contribution in [0.3, 0.4) is 0 Å². The molecule has 0 rings (SSSR count). The molecule has 0 aromatic carbocycles. The first-order chi connectivity index (χ1) is 3.46. The molecule has 0 amide bonds. The van der Waals surface area contributed by atoms with Gasteiger partial charge in [0.25, 0.3) is 0 Å². The van der Waals surface area contributed by atoms with E-state index in [4.69, 9.17) is 29.1 Å². The predicted octanol–water partition coefficient (Wildman–Crippen LogP) is -3.67. The Morgan fingerprint density at radius 2 is 1.11 bits per heavy atom. The van der Waals surface area contributed by atoms with E-state index >= 15 is 0 Å². The summed E-state index contributed by atoms with van der Waals surface area (Å²) in [5.74, 6) is 0. The molecule has 0 saturated carbocycles. The largest absolute Gasteiger partial charge is 0.761 e.